The number of carbonyl (C=O) groups is 2. The fourth-order valence-corrected chi connectivity index (χ4v) is 4.44. The van der Waals surface area contributed by atoms with Gasteiger partial charge in [-0.1, -0.05) is 33.8 Å². The molecule has 5 nitrogen and oxygen atoms in total. The molecular formula is C21H31N3O2. The maximum absolute atomic E-state index is 13.0. The summed E-state index contributed by atoms with van der Waals surface area (Å²) >= 11 is 0. The van der Waals surface area contributed by atoms with Gasteiger partial charge in [-0.2, -0.15) is 0 Å². The van der Waals surface area contributed by atoms with Crippen molar-refractivity contribution in [3.05, 3.63) is 29.6 Å². The summed E-state index contributed by atoms with van der Waals surface area (Å²) < 4.78 is 0. The molecule has 142 valence electrons. The lowest BCUT2D eigenvalue weighted by Gasteiger charge is -2.28. The lowest BCUT2D eigenvalue weighted by Crippen LogP contribution is -2.40. The van der Waals surface area contributed by atoms with Crippen LogP contribution in [0.1, 0.15) is 74.4 Å². The number of likely N-dealkylation sites (tertiary alicyclic amines) is 2. The van der Waals surface area contributed by atoms with Gasteiger partial charge in [-0.05, 0) is 49.7 Å². The highest BCUT2D eigenvalue weighted by Crippen LogP contribution is 2.27. The Morgan fingerprint density at radius 1 is 0.885 bits per heavy atom. The second kappa shape index (κ2) is 7.77. The van der Waals surface area contributed by atoms with Crippen molar-refractivity contribution in [2.45, 2.75) is 65.5 Å². The Morgan fingerprint density at radius 2 is 1.31 bits per heavy atom. The van der Waals surface area contributed by atoms with Gasteiger partial charge in [-0.3, -0.25) is 9.59 Å². The van der Waals surface area contributed by atoms with Gasteiger partial charge in [0.05, 0.1) is 0 Å². The minimum atomic E-state index is -0.0438. The van der Waals surface area contributed by atoms with E-state index in [1.807, 2.05) is 9.80 Å². The van der Waals surface area contributed by atoms with Gasteiger partial charge >= 0.3 is 0 Å². The molecule has 26 heavy (non-hydrogen) atoms. The molecule has 2 atom stereocenters. The first-order chi connectivity index (χ1) is 12.4. The first-order valence-electron chi connectivity index (χ1n) is 9.99. The zero-order valence-electron chi connectivity index (χ0n) is 16.4. The van der Waals surface area contributed by atoms with Gasteiger partial charge in [0.2, 0.25) is 0 Å². The fraction of sp³-hybridized carbons (Fsp3) is 0.667. The van der Waals surface area contributed by atoms with E-state index in [0.717, 1.165) is 38.8 Å². The minimum Gasteiger partial charge on any atom is -0.334 e. The zero-order valence-corrected chi connectivity index (χ0v) is 16.4. The van der Waals surface area contributed by atoms with E-state index >= 15 is 0 Å². The van der Waals surface area contributed by atoms with Crippen molar-refractivity contribution < 1.29 is 9.59 Å². The molecule has 0 radical (unpaired) electrons. The number of aromatic nitrogens is 1. The molecule has 2 amide bonds. The lowest BCUT2D eigenvalue weighted by atomic mass is 10.0. The molecular weight excluding hydrogens is 326 g/mol. The molecule has 3 heterocycles. The smallest absolute Gasteiger partial charge is 0.272 e. The third-order valence-electron chi connectivity index (χ3n) is 5.85. The summed E-state index contributed by atoms with van der Waals surface area (Å²) in [7, 11) is 0. The van der Waals surface area contributed by atoms with Crippen molar-refractivity contribution >= 4 is 11.8 Å². The van der Waals surface area contributed by atoms with Crippen LogP contribution in [0.15, 0.2) is 18.2 Å². The van der Waals surface area contributed by atoms with Gasteiger partial charge < -0.3 is 9.80 Å². The Bertz CT molecular complexity index is 618. The molecule has 0 unspecified atom stereocenters. The molecule has 2 fully saturated rings. The molecule has 0 bridgehead atoms. The van der Waals surface area contributed by atoms with Gasteiger partial charge in [0.25, 0.3) is 11.8 Å². The van der Waals surface area contributed by atoms with Crippen LogP contribution >= 0.6 is 0 Å². The average Bonchev–Trinajstić information content (AvgIpc) is 3.29. The Hall–Kier alpha value is -1.91. The quantitative estimate of drug-likeness (QED) is 0.827. The van der Waals surface area contributed by atoms with Crippen LogP contribution in [0.3, 0.4) is 0 Å². The summed E-state index contributed by atoms with van der Waals surface area (Å²) in [5.41, 5.74) is 0.785. The maximum Gasteiger partial charge on any atom is 0.272 e. The van der Waals surface area contributed by atoms with E-state index in [9.17, 15) is 9.59 Å². The van der Waals surface area contributed by atoms with E-state index in [2.05, 4.69) is 32.7 Å². The number of hydrogen-bond acceptors (Lipinski definition) is 3. The van der Waals surface area contributed by atoms with Crippen molar-refractivity contribution in [3.8, 4) is 0 Å². The third kappa shape index (κ3) is 3.62. The van der Waals surface area contributed by atoms with Crippen molar-refractivity contribution in [1.82, 2.24) is 14.8 Å². The summed E-state index contributed by atoms with van der Waals surface area (Å²) in [4.78, 5) is 34.3. The molecule has 2 aliphatic heterocycles. The minimum absolute atomic E-state index is 0.0438. The monoisotopic (exact) mass is 357 g/mol. The number of carbonyl (C=O) groups excluding carboxylic acids is 2. The molecule has 0 saturated carbocycles. The Morgan fingerprint density at radius 3 is 1.69 bits per heavy atom. The molecule has 0 spiro atoms. The molecule has 2 aliphatic rings. The number of rotatable bonds is 4. The standard InChI is InChI=1S/C21H31N3O2/c1-14(2)18-10-6-12-23(18)20(25)16-8-5-9-17(22-16)21(26)24-13-7-11-19(24)15(3)4/h5,8-9,14-15,18-19H,6-7,10-13H2,1-4H3/t18-,19+. The number of amides is 2. The van der Waals surface area contributed by atoms with Crippen molar-refractivity contribution in [1.29, 1.82) is 0 Å². The van der Waals surface area contributed by atoms with E-state index < -0.39 is 0 Å². The van der Waals surface area contributed by atoms with Crippen molar-refractivity contribution in [2.24, 2.45) is 11.8 Å². The molecule has 0 N–H and O–H groups in total. The Balaban J connectivity index is 1.80. The predicted octanol–water partition coefficient (Wildman–Crippen LogP) is 3.60. The average molecular weight is 357 g/mol. The summed E-state index contributed by atoms with van der Waals surface area (Å²) in [6.45, 7) is 10.2. The normalized spacial score (nSPS) is 23.3. The van der Waals surface area contributed by atoms with E-state index in [-0.39, 0.29) is 23.9 Å². The van der Waals surface area contributed by atoms with Crippen LogP contribution in [0.25, 0.3) is 0 Å². The Kier molecular flexibility index (Phi) is 5.64. The van der Waals surface area contributed by atoms with E-state index in [4.69, 9.17) is 0 Å². The summed E-state index contributed by atoms with van der Waals surface area (Å²) in [5, 5.41) is 0. The second-order valence-electron chi connectivity index (χ2n) is 8.31. The summed E-state index contributed by atoms with van der Waals surface area (Å²) in [6, 6.07) is 5.80. The van der Waals surface area contributed by atoms with Crippen LogP contribution in [0.2, 0.25) is 0 Å². The second-order valence-corrected chi connectivity index (χ2v) is 8.31. The van der Waals surface area contributed by atoms with Gasteiger partial charge in [-0.25, -0.2) is 4.98 Å². The predicted molar refractivity (Wildman–Crippen MR) is 102 cm³/mol. The van der Waals surface area contributed by atoms with Gasteiger partial charge in [0.15, 0.2) is 0 Å². The zero-order chi connectivity index (χ0) is 18.8. The Labute approximate surface area is 156 Å². The highest BCUT2D eigenvalue weighted by molar-refractivity contribution is 5.96. The van der Waals surface area contributed by atoms with Crippen LogP contribution in [0, 0.1) is 11.8 Å². The first-order valence-corrected chi connectivity index (χ1v) is 9.99. The van der Waals surface area contributed by atoms with Crippen molar-refractivity contribution in [2.75, 3.05) is 13.1 Å². The highest BCUT2D eigenvalue weighted by Gasteiger charge is 2.34. The number of nitrogens with zero attached hydrogens (tertiary/aromatic N) is 3. The van der Waals surface area contributed by atoms with Crippen LogP contribution < -0.4 is 0 Å². The largest absolute Gasteiger partial charge is 0.334 e. The summed E-state index contributed by atoms with van der Waals surface area (Å²) in [5.74, 6) is 0.778. The molecule has 1 aromatic heterocycles. The third-order valence-corrected chi connectivity index (χ3v) is 5.85. The summed E-state index contributed by atoms with van der Waals surface area (Å²) in [6.07, 6.45) is 4.17. The molecule has 5 heteroatoms. The molecule has 1 aromatic rings. The van der Waals surface area contributed by atoms with E-state index in [1.54, 1.807) is 18.2 Å². The van der Waals surface area contributed by atoms with Crippen LogP contribution in [0.5, 0.6) is 0 Å². The van der Waals surface area contributed by atoms with E-state index in [1.165, 1.54) is 0 Å². The number of pyridine rings is 1. The van der Waals surface area contributed by atoms with Gasteiger partial charge in [0.1, 0.15) is 11.4 Å². The fourth-order valence-electron chi connectivity index (χ4n) is 4.44. The lowest BCUT2D eigenvalue weighted by molar-refractivity contribution is 0.0687. The highest BCUT2D eigenvalue weighted by atomic mass is 16.2. The van der Waals surface area contributed by atoms with Gasteiger partial charge in [-0.15, -0.1) is 0 Å². The van der Waals surface area contributed by atoms with Crippen LogP contribution in [-0.4, -0.2) is 51.8 Å². The molecule has 2 saturated heterocycles. The first kappa shape index (κ1) is 18.9. The molecule has 3 rings (SSSR count). The number of hydrogen-bond donors (Lipinski definition) is 0. The molecule has 0 aliphatic carbocycles. The SMILES string of the molecule is CC(C)[C@H]1CCCN1C(=O)c1cccc(C(=O)N2CCC[C@H]2C(C)C)n1. The van der Waals surface area contributed by atoms with Crippen LogP contribution in [0.4, 0.5) is 0 Å². The van der Waals surface area contributed by atoms with Gasteiger partial charge in [0, 0.05) is 25.2 Å². The molecule has 0 aromatic carbocycles. The topological polar surface area (TPSA) is 53.5 Å². The van der Waals surface area contributed by atoms with Crippen LogP contribution in [-0.2, 0) is 0 Å². The maximum atomic E-state index is 13.0. The van der Waals surface area contributed by atoms with E-state index in [0.29, 0.717) is 23.2 Å². The van der Waals surface area contributed by atoms with Crippen molar-refractivity contribution in [3.63, 3.8) is 0 Å².